The summed E-state index contributed by atoms with van der Waals surface area (Å²) in [5.74, 6) is -0.0529. The van der Waals surface area contributed by atoms with Crippen LogP contribution < -0.4 is 10.6 Å². The van der Waals surface area contributed by atoms with E-state index in [1.807, 2.05) is 48.7 Å². The van der Waals surface area contributed by atoms with Gasteiger partial charge in [0, 0.05) is 42.7 Å². The smallest absolute Gasteiger partial charge is 0.246 e. The molecule has 4 heterocycles. The molecule has 2 fully saturated rings. The fourth-order valence-corrected chi connectivity index (χ4v) is 5.81. The summed E-state index contributed by atoms with van der Waals surface area (Å²) in [5.41, 5.74) is 3.09. The zero-order valence-electron chi connectivity index (χ0n) is 17.4. The molecule has 2 amide bonds. The van der Waals surface area contributed by atoms with E-state index in [9.17, 15) is 9.59 Å². The van der Waals surface area contributed by atoms with Gasteiger partial charge in [-0.3, -0.25) is 9.59 Å². The summed E-state index contributed by atoms with van der Waals surface area (Å²) >= 11 is 1.67. The van der Waals surface area contributed by atoms with Gasteiger partial charge in [0.25, 0.3) is 0 Å². The van der Waals surface area contributed by atoms with Crippen LogP contribution in [-0.2, 0) is 22.6 Å². The maximum atomic E-state index is 13.2. The topological polar surface area (TPSA) is 90.1 Å². The van der Waals surface area contributed by atoms with Crippen molar-refractivity contribution >= 4 is 44.3 Å². The van der Waals surface area contributed by atoms with Crippen molar-refractivity contribution in [3.8, 4) is 0 Å². The number of carbonyl (C=O) groups excluding carboxylic acids is 2. The molecule has 0 unspecified atom stereocenters. The first-order valence-corrected chi connectivity index (χ1v) is 11.7. The number of hydrogen-bond donors (Lipinski definition) is 3. The number of aromatic nitrogens is 2. The number of para-hydroxylation sites is 2. The van der Waals surface area contributed by atoms with Crippen molar-refractivity contribution in [1.82, 2.24) is 25.5 Å². The van der Waals surface area contributed by atoms with Crippen LogP contribution in [0.1, 0.15) is 17.0 Å². The SMILES string of the molecule is O=C1N[C@@H](Cc2c[nH]c3ccccc23)C(=O)N2C[C@@H](NCc3nc4ccccc4s3)C[C@@H]12. The molecule has 32 heavy (non-hydrogen) atoms. The first kappa shape index (κ1) is 19.5. The number of carbonyl (C=O) groups is 2. The monoisotopic (exact) mass is 445 g/mol. The largest absolute Gasteiger partial charge is 0.361 e. The lowest BCUT2D eigenvalue weighted by Crippen LogP contribution is -2.61. The Balaban J connectivity index is 1.13. The summed E-state index contributed by atoms with van der Waals surface area (Å²) in [6.07, 6.45) is 3.05. The highest BCUT2D eigenvalue weighted by atomic mass is 32.1. The molecule has 3 N–H and O–H groups in total. The van der Waals surface area contributed by atoms with E-state index in [-0.39, 0.29) is 17.9 Å². The third kappa shape index (κ3) is 3.36. The number of aromatic amines is 1. The molecule has 2 aliphatic rings. The number of nitrogens with zero attached hydrogens (tertiary/aromatic N) is 2. The Hall–Kier alpha value is -3.23. The van der Waals surface area contributed by atoms with Crippen LogP contribution in [0.5, 0.6) is 0 Å². The number of fused-ring (bicyclic) bond motifs is 3. The second kappa shape index (κ2) is 7.72. The van der Waals surface area contributed by atoms with Gasteiger partial charge in [-0.25, -0.2) is 4.98 Å². The van der Waals surface area contributed by atoms with Gasteiger partial charge in [-0.05, 0) is 30.2 Å². The van der Waals surface area contributed by atoms with Gasteiger partial charge in [-0.1, -0.05) is 30.3 Å². The second-order valence-corrected chi connectivity index (χ2v) is 9.64. The van der Waals surface area contributed by atoms with E-state index in [0.717, 1.165) is 27.0 Å². The summed E-state index contributed by atoms with van der Waals surface area (Å²) in [4.78, 5) is 35.7. The summed E-state index contributed by atoms with van der Waals surface area (Å²) in [7, 11) is 0. The van der Waals surface area contributed by atoms with Gasteiger partial charge in [0.1, 0.15) is 17.1 Å². The number of nitrogens with one attached hydrogen (secondary N) is 3. The molecule has 6 rings (SSSR count). The van der Waals surface area contributed by atoms with Crippen LogP contribution >= 0.6 is 11.3 Å². The second-order valence-electron chi connectivity index (χ2n) is 8.52. The fourth-order valence-electron chi connectivity index (χ4n) is 4.89. The minimum Gasteiger partial charge on any atom is -0.361 e. The van der Waals surface area contributed by atoms with Gasteiger partial charge in [0.15, 0.2) is 0 Å². The van der Waals surface area contributed by atoms with Gasteiger partial charge in [0.05, 0.1) is 10.2 Å². The van der Waals surface area contributed by atoms with E-state index < -0.39 is 12.1 Å². The number of rotatable bonds is 5. The Kier molecular flexibility index (Phi) is 4.69. The van der Waals surface area contributed by atoms with Crippen LogP contribution in [0, 0.1) is 0 Å². The third-order valence-corrected chi connectivity index (χ3v) is 7.52. The summed E-state index contributed by atoms with van der Waals surface area (Å²) in [5, 5.41) is 8.59. The molecule has 3 atom stereocenters. The molecule has 0 radical (unpaired) electrons. The van der Waals surface area contributed by atoms with Crippen LogP contribution in [0.3, 0.4) is 0 Å². The van der Waals surface area contributed by atoms with Gasteiger partial charge < -0.3 is 20.5 Å². The van der Waals surface area contributed by atoms with Crippen LogP contribution in [-0.4, -0.2) is 51.4 Å². The lowest BCUT2D eigenvalue weighted by molar-refractivity contribution is -0.146. The zero-order chi connectivity index (χ0) is 21.7. The van der Waals surface area contributed by atoms with Gasteiger partial charge in [-0.15, -0.1) is 11.3 Å². The summed E-state index contributed by atoms with van der Waals surface area (Å²) in [6, 6.07) is 15.3. The van der Waals surface area contributed by atoms with E-state index in [2.05, 4.69) is 26.7 Å². The highest BCUT2D eigenvalue weighted by Gasteiger charge is 2.46. The van der Waals surface area contributed by atoms with E-state index in [1.54, 1.807) is 16.2 Å². The fraction of sp³-hybridized carbons (Fsp3) is 0.292. The molecule has 8 heteroatoms. The predicted octanol–water partition coefficient (Wildman–Crippen LogP) is 2.58. The highest BCUT2D eigenvalue weighted by Crippen LogP contribution is 2.27. The normalized spacial score (nSPS) is 23.1. The average molecular weight is 446 g/mol. The Labute approximate surface area is 188 Å². The molecule has 2 aliphatic heterocycles. The van der Waals surface area contributed by atoms with Crippen molar-refractivity contribution in [2.75, 3.05) is 6.54 Å². The molecular formula is C24H23N5O2S. The van der Waals surface area contributed by atoms with Crippen LogP contribution in [0.25, 0.3) is 21.1 Å². The first-order valence-electron chi connectivity index (χ1n) is 10.9. The molecule has 2 aromatic carbocycles. The predicted molar refractivity (Wildman–Crippen MR) is 124 cm³/mol. The van der Waals surface area contributed by atoms with Crippen LogP contribution in [0.4, 0.5) is 0 Å². The quantitative estimate of drug-likeness (QED) is 0.440. The molecular weight excluding hydrogens is 422 g/mol. The van der Waals surface area contributed by atoms with E-state index in [4.69, 9.17) is 0 Å². The van der Waals surface area contributed by atoms with Crippen LogP contribution in [0.15, 0.2) is 54.7 Å². The Bertz CT molecular complexity index is 1300. The molecule has 2 saturated heterocycles. The lowest BCUT2D eigenvalue weighted by Gasteiger charge is -2.34. The Morgan fingerprint density at radius 2 is 1.97 bits per heavy atom. The molecule has 2 aromatic heterocycles. The van der Waals surface area contributed by atoms with E-state index in [0.29, 0.717) is 25.9 Å². The number of hydrogen-bond acceptors (Lipinski definition) is 5. The molecule has 162 valence electrons. The number of piperazine rings is 1. The van der Waals surface area contributed by atoms with Crippen molar-refractivity contribution in [2.45, 2.75) is 37.5 Å². The molecule has 0 aliphatic carbocycles. The maximum absolute atomic E-state index is 13.2. The van der Waals surface area contributed by atoms with Crippen molar-refractivity contribution in [3.05, 3.63) is 65.3 Å². The molecule has 4 aromatic rings. The van der Waals surface area contributed by atoms with Gasteiger partial charge in [0.2, 0.25) is 11.8 Å². The highest BCUT2D eigenvalue weighted by molar-refractivity contribution is 7.18. The Morgan fingerprint density at radius 1 is 1.12 bits per heavy atom. The minimum absolute atomic E-state index is 0.00386. The lowest BCUT2D eigenvalue weighted by atomic mass is 10.0. The van der Waals surface area contributed by atoms with Crippen molar-refractivity contribution in [3.63, 3.8) is 0 Å². The maximum Gasteiger partial charge on any atom is 0.246 e. The van der Waals surface area contributed by atoms with Crippen LogP contribution in [0.2, 0.25) is 0 Å². The number of H-pyrrole nitrogens is 1. The van der Waals surface area contributed by atoms with Crippen molar-refractivity contribution in [1.29, 1.82) is 0 Å². The number of thiazole rings is 1. The van der Waals surface area contributed by atoms with E-state index >= 15 is 0 Å². The number of benzene rings is 2. The minimum atomic E-state index is -0.527. The number of amides is 2. The summed E-state index contributed by atoms with van der Waals surface area (Å²) in [6.45, 7) is 1.19. The van der Waals surface area contributed by atoms with E-state index in [1.165, 1.54) is 4.70 Å². The van der Waals surface area contributed by atoms with Gasteiger partial charge in [-0.2, -0.15) is 0 Å². The molecule has 7 nitrogen and oxygen atoms in total. The molecule has 0 bridgehead atoms. The first-order chi connectivity index (χ1) is 15.7. The summed E-state index contributed by atoms with van der Waals surface area (Å²) < 4.78 is 1.17. The average Bonchev–Trinajstić information content (AvgIpc) is 3.52. The molecule has 0 saturated carbocycles. The van der Waals surface area contributed by atoms with Gasteiger partial charge >= 0.3 is 0 Å². The van der Waals surface area contributed by atoms with Crippen molar-refractivity contribution in [2.24, 2.45) is 0 Å². The molecule has 0 spiro atoms. The Morgan fingerprint density at radius 3 is 2.88 bits per heavy atom. The zero-order valence-corrected chi connectivity index (χ0v) is 18.2. The van der Waals surface area contributed by atoms with Crippen molar-refractivity contribution < 1.29 is 9.59 Å². The standard InChI is InChI=1S/C24H23N5O2S/c30-23-20-10-15(25-12-22-27-18-7-3-4-8-21(18)32-22)13-29(20)24(31)19(28-23)9-14-11-26-17-6-2-1-5-16(14)17/h1-8,11,15,19-20,25-26H,9-10,12-13H2,(H,28,30)/t15-,19-,20-/m0/s1. The third-order valence-electron chi connectivity index (χ3n) is 6.48.